The summed E-state index contributed by atoms with van der Waals surface area (Å²) in [6, 6.07) is 7.23. The number of para-hydroxylation sites is 1. The van der Waals surface area contributed by atoms with Crippen molar-refractivity contribution < 1.29 is 4.74 Å². The fourth-order valence-electron chi connectivity index (χ4n) is 1.35. The van der Waals surface area contributed by atoms with E-state index in [-0.39, 0.29) is 0 Å². The van der Waals surface area contributed by atoms with Crippen LogP contribution in [0.4, 0.5) is 5.82 Å². The molecule has 1 aromatic heterocycles. The first-order chi connectivity index (χ1) is 8.72. The summed E-state index contributed by atoms with van der Waals surface area (Å²) in [6.07, 6.45) is 1.44. The molecule has 2 rings (SSSR count). The van der Waals surface area contributed by atoms with E-state index < -0.39 is 0 Å². The standard InChI is InChI=1S/C12H11BrClN3O/c1-2-15-11-10(13)12(17-7-16-11)18-9-6-4-3-5-8(9)14/h3-7H,2H2,1H3,(H,15,16,17). The van der Waals surface area contributed by atoms with Gasteiger partial charge < -0.3 is 10.1 Å². The average Bonchev–Trinajstić information content (AvgIpc) is 2.37. The molecular formula is C12H11BrClN3O. The van der Waals surface area contributed by atoms with Gasteiger partial charge >= 0.3 is 0 Å². The Labute approximate surface area is 118 Å². The van der Waals surface area contributed by atoms with Gasteiger partial charge in [-0.25, -0.2) is 9.97 Å². The molecule has 18 heavy (non-hydrogen) atoms. The zero-order chi connectivity index (χ0) is 13.0. The van der Waals surface area contributed by atoms with Gasteiger partial charge in [0.1, 0.15) is 22.4 Å². The van der Waals surface area contributed by atoms with E-state index in [1.54, 1.807) is 12.1 Å². The number of ether oxygens (including phenoxy) is 1. The van der Waals surface area contributed by atoms with Crippen molar-refractivity contribution in [3.63, 3.8) is 0 Å². The summed E-state index contributed by atoms with van der Waals surface area (Å²) in [5.74, 6) is 1.67. The Bertz CT molecular complexity index is 551. The summed E-state index contributed by atoms with van der Waals surface area (Å²) in [6.45, 7) is 2.75. The molecule has 0 saturated carbocycles. The minimum absolute atomic E-state index is 0.425. The maximum Gasteiger partial charge on any atom is 0.238 e. The van der Waals surface area contributed by atoms with E-state index in [9.17, 15) is 0 Å². The van der Waals surface area contributed by atoms with E-state index in [1.165, 1.54) is 6.33 Å². The number of rotatable bonds is 4. The summed E-state index contributed by atoms with van der Waals surface area (Å²) in [4.78, 5) is 8.19. The molecule has 1 N–H and O–H groups in total. The second-order valence-electron chi connectivity index (χ2n) is 3.40. The third-order valence-corrected chi connectivity index (χ3v) is 3.17. The summed E-state index contributed by atoms with van der Waals surface area (Å²) in [5.41, 5.74) is 0. The van der Waals surface area contributed by atoms with Gasteiger partial charge in [-0.1, -0.05) is 23.7 Å². The lowest BCUT2D eigenvalue weighted by Gasteiger charge is -2.10. The molecule has 0 atom stereocenters. The number of hydrogen-bond acceptors (Lipinski definition) is 4. The fraction of sp³-hybridized carbons (Fsp3) is 0.167. The number of hydrogen-bond donors (Lipinski definition) is 1. The van der Waals surface area contributed by atoms with Crippen LogP contribution in [0, 0.1) is 0 Å². The number of nitrogens with one attached hydrogen (secondary N) is 1. The Balaban J connectivity index is 2.30. The minimum Gasteiger partial charge on any atom is -0.436 e. The second-order valence-corrected chi connectivity index (χ2v) is 4.60. The third-order valence-electron chi connectivity index (χ3n) is 2.15. The van der Waals surface area contributed by atoms with Crippen LogP contribution in [0.15, 0.2) is 35.1 Å². The fourth-order valence-corrected chi connectivity index (χ4v) is 1.95. The molecule has 0 aliphatic rings. The van der Waals surface area contributed by atoms with E-state index >= 15 is 0 Å². The third kappa shape index (κ3) is 2.91. The van der Waals surface area contributed by atoms with Crippen LogP contribution in [0.5, 0.6) is 11.6 Å². The maximum atomic E-state index is 6.03. The SMILES string of the molecule is CCNc1ncnc(Oc2ccccc2Cl)c1Br. The number of halogens is 2. The second kappa shape index (κ2) is 6.02. The molecule has 0 radical (unpaired) electrons. The molecule has 4 nitrogen and oxygen atoms in total. The first kappa shape index (κ1) is 13.1. The van der Waals surface area contributed by atoms with Crippen molar-refractivity contribution in [2.24, 2.45) is 0 Å². The molecule has 0 spiro atoms. The van der Waals surface area contributed by atoms with E-state index in [1.807, 2.05) is 19.1 Å². The first-order valence-corrected chi connectivity index (χ1v) is 6.56. The van der Waals surface area contributed by atoms with Crippen molar-refractivity contribution in [3.8, 4) is 11.6 Å². The van der Waals surface area contributed by atoms with Crippen molar-refractivity contribution in [2.75, 3.05) is 11.9 Å². The Hall–Kier alpha value is -1.33. The zero-order valence-electron chi connectivity index (χ0n) is 9.65. The lowest BCUT2D eigenvalue weighted by atomic mass is 10.3. The molecule has 2 aromatic rings. The maximum absolute atomic E-state index is 6.03. The predicted molar refractivity (Wildman–Crippen MR) is 75.4 cm³/mol. The van der Waals surface area contributed by atoms with Gasteiger partial charge in [0.25, 0.3) is 0 Å². The molecule has 0 fully saturated rings. The molecule has 0 amide bonds. The highest BCUT2D eigenvalue weighted by Crippen LogP contribution is 2.34. The molecule has 1 aromatic carbocycles. The highest BCUT2D eigenvalue weighted by atomic mass is 79.9. The van der Waals surface area contributed by atoms with Crippen molar-refractivity contribution in [3.05, 3.63) is 40.1 Å². The highest BCUT2D eigenvalue weighted by Gasteiger charge is 2.11. The summed E-state index contributed by atoms with van der Waals surface area (Å²) >= 11 is 9.44. The largest absolute Gasteiger partial charge is 0.436 e. The lowest BCUT2D eigenvalue weighted by molar-refractivity contribution is 0.458. The van der Waals surface area contributed by atoms with Gasteiger partial charge in [0.15, 0.2) is 0 Å². The number of aromatic nitrogens is 2. The molecule has 0 saturated heterocycles. The summed E-state index contributed by atoms with van der Waals surface area (Å²) in [7, 11) is 0. The Morgan fingerprint density at radius 2 is 2.11 bits per heavy atom. The van der Waals surface area contributed by atoms with Gasteiger partial charge in [-0.3, -0.25) is 0 Å². The van der Waals surface area contributed by atoms with Crippen molar-refractivity contribution >= 4 is 33.3 Å². The predicted octanol–water partition coefficient (Wildman–Crippen LogP) is 4.12. The monoisotopic (exact) mass is 327 g/mol. The quantitative estimate of drug-likeness (QED) is 0.917. The van der Waals surface area contributed by atoms with E-state index in [0.29, 0.717) is 26.9 Å². The number of benzene rings is 1. The average molecular weight is 329 g/mol. The minimum atomic E-state index is 0.425. The van der Waals surface area contributed by atoms with E-state index in [2.05, 4.69) is 31.2 Å². The molecule has 0 aliphatic carbocycles. The van der Waals surface area contributed by atoms with Gasteiger partial charge in [-0.2, -0.15) is 0 Å². The van der Waals surface area contributed by atoms with Crippen molar-refractivity contribution in [2.45, 2.75) is 6.92 Å². The van der Waals surface area contributed by atoms with Crippen LogP contribution in [0.2, 0.25) is 5.02 Å². The molecule has 6 heteroatoms. The zero-order valence-corrected chi connectivity index (χ0v) is 12.0. The van der Waals surface area contributed by atoms with Crippen LogP contribution >= 0.6 is 27.5 Å². The Morgan fingerprint density at radius 1 is 1.33 bits per heavy atom. The van der Waals surface area contributed by atoms with Gasteiger partial charge in [-0.15, -0.1) is 0 Å². The number of anilines is 1. The van der Waals surface area contributed by atoms with E-state index in [0.717, 1.165) is 6.54 Å². The summed E-state index contributed by atoms with van der Waals surface area (Å²) < 4.78 is 6.33. The van der Waals surface area contributed by atoms with Gasteiger partial charge in [0.05, 0.1) is 5.02 Å². The molecule has 0 aliphatic heterocycles. The Morgan fingerprint density at radius 3 is 2.83 bits per heavy atom. The smallest absolute Gasteiger partial charge is 0.238 e. The molecule has 1 heterocycles. The van der Waals surface area contributed by atoms with Crippen LogP contribution in [-0.2, 0) is 0 Å². The van der Waals surface area contributed by atoms with Crippen LogP contribution in [0.3, 0.4) is 0 Å². The van der Waals surface area contributed by atoms with Crippen LogP contribution in [-0.4, -0.2) is 16.5 Å². The topological polar surface area (TPSA) is 47.0 Å². The van der Waals surface area contributed by atoms with Gasteiger partial charge in [-0.05, 0) is 35.0 Å². The first-order valence-electron chi connectivity index (χ1n) is 5.39. The van der Waals surface area contributed by atoms with Gasteiger partial charge in [0.2, 0.25) is 5.88 Å². The molecule has 94 valence electrons. The van der Waals surface area contributed by atoms with E-state index in [4.69, 9.17) is 16.3 Å². The summed E-state index contributed by atoms with van der Waals surface area (Å²) in [5, 5.41) is 3.64. The van der Waals surface area contributed by atoms with Crippen LogP contribution < -0.4 is 10.1 Å². The van der Waals surface area contributed by atoms with Crippen LogP contribution in [0.25, 0.3) is 0 Å². The van der Waals surface area contributed by atoms with Gasteiger partial charge in [0, 0.05) is 6.54 Å². The normalized spacial score (nSPS) is 10.2. The molecule has 0 bridgehead atoms. The lowest BCUT2D eigenvalue weighted by Crippen LogP contribution is -2.02. The van der Waals surface area contributed by atoms with Crippen LogP contribution in [0.1, 0.15) is 6.92 Å². The number of nitrogens with zero attached hydrogens (tertiary/aromatic N) is 2. The van der Waals surface area contributed by atoms with Crippen molar-refractivity contribution in [1.29, 1.82) is 0 Å². The Kier molecular flexibility index (Phi) is 4.38. The molecule has 0 unspecified atom stereocenters. The highest BCUT2D eigenvalue weighted by molar-refractivity contribution is 9.10. The van der Waals surface area contributed by atoms with Crippen molar-refractivity contribution in [1.82, 2.24) is 9.97 Å². The molecular weight excluding hydrogens is 318 g/mol.